The molecule has 0 aromatic heterocycles. The first kappa shape index (κ1) is 12.4. The summed E-state index contributed by atoms with van der Waals surface area (Å²) >= 11 is 3.26. The minimum absolute atomic E-state index is 0.0781. The van der Waals surface area contributed by atoms with Crippen molar-refractivity contribution in [2.75, 3.05) is 0 Å². The molecule has 0 amide bonds. The molecule has 0 bridgehead atoms. The number of rotatable bonds is 2. The van der Waals surface area contributed by atoms with Gasteiger partial charge in [-0.2, -0.15) is 0 Å². The molecule has 1 saturated carbocycles. The molecule has 0 heterocycles. The van der Waals surface area contributed by atoms with E-state index in [1.165, 1.54) is 0 Å². The van der Waals surface area contributed by atoms with Crippen molar-refractivity contribution in [3.8, 4) is 5.75 Å². The Kier molecular flexibility index (Phi) is 3.17. The summed E-state index contributed by atoms with van der Waals surface area (Å²) in [5.74, 6) is -0.749. The fourth-order valence-electron chi connectivity index (χ4n) is 2.82. The molecule has 1 fully saturated rings. The predicted molar refractivity (Wildman–Crippen MR) is 68.3 cm³/mol. The topological polar surface area (TPSA) is 57.5 Å². The van der Waals surface area contributed by atoms with E-state index in [1.807, 2.05) is 13.0 Å². The SMILES string of the molecule is Cc1ccc(Br)c(O)c1C1(C(=O)O)CCCC1. The van der Waals surface area contributed by atoms with Crippen LogP contribution in [-0.4, -0.2) is 16.2 Å². The number of hydrogen-bond acceptors (Lipinski definition) is 2. The van der Waals surface area contributed by atoms with Gasteiger partial charge in [-0.3, -0.25) is 4.79 Å². The molecule has 1 aromatic rings. The smallest absolute Gasteiger partial charge is 0.314 e. The van der Waals surface area contributed by atoms with Crippen molar-refractivity contribution in [2.45, 2.75) is 38.0 Å². The van der Waals surface area contributed by atoms with Crippen LogP contribution in [0.15, 0.2) is 16.6 Å². The third-order valence-corrected chi connectivity index (χ3v) is 4.32. The molecular weight excluding hydrogens is 284 g/mol. The van der Waals surface area contributed by atoms with E-state index in [1.54, 1.807) is 6.07 Å². The molecule has 4 heteroatoms. The van der Waals surface area contributed by atoms with Gasteiger partial charge in [0.2, 0.25) is 0 Å². The molecule has 0 atom stereocenters. The highest BCUT2D eigenvalue weighted by atomic mass is 79.9. The lowest BCUT2D eigenvalue weighted by molar-refractivity contribution is -0.143. The average molecular weight is 299 g/mol. The number of benzene rings is 1. The van der Waals surface area contributed by atoms with Gasteiger partial charge in [-0.1, -0.05) is 18.9 Å². The van der Waals surface area contributed by atoms with Crippen molar-refractivity contribution in [2.24, 2.45) is 0 Å². The number of aliphatic carboxylic acids is 1. The van der Waals surface area contributed by atoms with Crippen LogP contribution in [0.4, 0.5) is 0 Å². The highest BCUT2D eigenvalue weighted by Crippen LogP contribution is 2.48. The number of carboxylic acids is 1. The number of aryl methyl sites for hydroxylation is 1. The largest absolute Gasteiger partial charge is 0.506 e. The maximum atomic E-state index is 11.6. The number of carbonyl (C=O) groups is 1. The van der Waals surface area contributed by atoms with Gasteiger partial charge in [0, 0.05) is 5.56 Å². The van der Waals surface area contributed by atoms with Gasteiger partial charge in [0.15, 0.2) is 0 Å². The molecule has 1 aliphatic carbocycles. The number of phenols is 1. The molecule has 2 rings (SSSR count). The lowest BCUT2D eigenvalue weighted by atomic mass is 9.76. The zero-order valence-corrected chi connectivity index (χ0v) is 11.2. The lowest BCUT2D eigenvalue weighted by Crippen LogP contribution is -2.33. The predicted octanol–water partition coefficient (Wildman–Crippen LogP) is 3.36. The monoisotopic (exact) mass is 298 g/mol. The van der Waals surface area contributed by atoms with E-state index in [0.29, 0.717) is 22.9 Å². The number of phenolic OH excluding ortho intramolecular Hbond substituents is 1. The first-order valence-electron chi connectivity index (χ1n) is 5.71. The highest BCUT2D eigenvalue weighted by Gasteiger charge is 2.45. The summed E-state index contributed by atoms with van der Waals surface area (Å²) in [6.07, 6.45) is 3.01. The van der Waals surface area contributed by atoms with Gasteiger partial charge < -0.3 is 10.2 Å². The molecule has 92 valence electrons. The van der Waals surface area contributed by atoms with Gasteiger partial charge in [0.25, 0.3) is 0 Å². The van der Waals surface area contributed by atoms with E-state index in [4.69, 9.17) is 0 Å². The van der Waals surface area contributed by atoms with Crippen molar-refractivity contribution < 1.29 is 15.0 Å². The molecule has 3 nitrogen and oxygen atoms in total. The molecule has 0 spiro atoms. The second kappa shape index (κ2) is 4.33. The molecule has 0 radical (unpaired) electrons. The Labute approximate surface area is 109 Å². The molecule has 0 unspecified atom stereocenters. The van der Waals surface area contributed by atoms with Crippen LogP contribution in [0, 0.1) is 6.92 Å². The Morgan fingerprint density at radius 2 is 1.94 bits per heavy atom. The standard InChI is InChI=1S/C13H15BrO3/c1-8-4-5-9(14)11(15)10(8)13(12(16)17)6-2-3-7-13/h4-5,15H,2-3,6-7H2,1H3,(H,16,17). The van der Waals surface area contributed by atoms with E-state index >= 15 is 0 Å². The van der Waals surface area contributed by atoms with E-state index in [2.05, 4.69) is 15.9 Å². The maximum Gasteiger partial charge on any atom is 0.314 e. The van der Waals surface area contributed by atoms with Gasteiger partial charge in [-0.05, 0) is 47.3 Å². The van der Waals surface area contributed by atoms with E-state index in [-0.39, 0.29) is 5.75 Å². The summed E-state index contributed by atoms with van der Waals surface area (Å²) in [6, 6.07) is 3.60. The van der Waals surface area contributed by atoms with Crippen LogP contribution in [-0.2, 0) is 10.2 Å². The van der Waals surface area contributed by atoms with Crippen LogP contribution >= 0.6 is 15.9 Å². The maximum absolute atomic E-state index is 11.6. The van der Waals surface area contributed by atoms with Gasteiger partial charge in [0.05, 0.1) is 9.89 Å². The summed E-state index contributed by atoms with van der Waals surface area (Å²) in [4.78, 5) is 11.6. The lowest BCUT2D eigenvalue weighted by Gasteiger charge is -2.27. The highest BCUT2D eigenvalue weighted by molar-refractivity contribution is 9.10. The third kappa shape index (κ3) is 1.84. The van der Waals surface area contributed by atoms with E-state index in [9.17, 15) is 15.0 Å². The Morgan fingerprint density at radius 1 is 1.35 bits per heavy atom. The number of hydrogen-bond donors (Lipinski definition) is 2. The quantitative estimate of drug-likeness (QED) is 0.880. The number of halogens is 1. The second-order valence-corrected chi connectivity index (χ2v) is 5.54. The Balaban J connectivity index is 2.66. The molecule has 2 N–H and O–H groups in total. The molecule has 1 aromatic carbocycles. The minimum atomic E-state index is -0.905. The van der Waals surface area contributed by atoms with Crippen LogP contribution in [0.3, 0.4) is 0 Å². The van der Waals surface area contributed by atoms with Crippen LogP contribution < -0.4 is 0 Å². The fourth-order valence-corrected chi connectivity index (χ4v) is 3.15. The van der Waals surface area contributed by atoms with Crippen molar-refractivity contribution in [3.05, 3.63) is 27.7 Å². The average Bonchev–Trinajstić information content (AvgIpc) is 2.74. The second-order valence-electron chi connectivity index (χ2n) is 4.68. The normalized spacial score (nSPS) is 18.2. The zero-order valence-electron chi connectivity index (χ0n) is 9.66. The number of aromatic hydroxyl groups is 1. The zero-order chi connectivity index (χ0) is 12.6. The Hall–Kier alpha value is -1.03. The minimum Gasteiger partial charge on any atom is -0.506 e. The van der Waals surface area contributed by atoms with Gasteiger partial charge in [0.1, 0.15) is 5.75 Å². The van der Waals surface area contributed by atoms with Crippen molar-refractivity contribution >= 4 is 21.9 Å². The van der Waals surface area contributed by atoms with Crippen LogP contribution in [0.2, 0.25) is 0 Å². The van der Waals surface area contributed by atoms with Gasteiger partial charge in [-0.25, -0.2) is 0 Å². The van der Waals surface area contributed by atoms with Crippen LogP contribution in [0.25, 0.3) is 0 Å². The van der Waals surface area contributed by atoms with E-state index in [0.717, 1.165) is 18.4 Å². The molecular formula is C13H15BrO3. The number of carboxylic acid groups (broad SMARTS) is 1. The molecule has 1 aliphatic rings. The molecule has 0 saturated heterocycles. The summed E-state index contributed by atoms with van der Waals surface area (Å²) in [5.41, 5.74) is 0.518. The Bertz CT molecular complexity index is 462. The fraction of sp³-hybridized carbons (Fsp3) is 0.462. The van der Waals surface area contributed by atoms with E-state index < -0.39 is 11.4 Å². The first-order chi connectivity index (χ1) is 7.99. The van der Waals surface area contributed by atoms with Gasteiger partial charge >= 0.3 is 5.97 Å². The van der Waals surface area contributed by atoms with Crippen LogP contribution in [0.1, 0.15) is 36.8 Å². The first-order valence-corrected chi connectivity index (χ1v) is 6.50. The Morgan fingerprint density at radius 3 is 2.47 bits per heavy atom. The summed E-state index contributed by atoms with van der Waals surface area (Å²) in [7, 11) is 0. The summed E-state index contributed by atoms with van der Waals surface area (Å²) < 4.78 is 0.561. The van der Waals surface area contributed by atoms with Gasteiger partial charge in [-0.15, -0.1) is 0 Å². The summed E-state index contributed by atoms with van der Waals surface area (Å²) in [5, 5.41) is 19.7. The van der Waals surface area contributed by atoms with Crippen molar-refractivity contribution in [1.29, 1.82) is 0 Å². The van der Waals surface area contributed by atoms with Crippen molar-refractivity contribution in [3.63, 3.8) is 0 Å². The van der Waals surface area contributed by atoms with Crippen LogP contribution in [0.5, 0.6) is 5.75 Å². The van der Waals surface area contributed by atoms with Crippen molar-refractivity contribution in [1.82, 2.24) is 0 Å². The molecule has 0 aliphatic heterocycles. The summed E-state index contributed by atoms with van der Waals surface area (Å²) in [6.45, 7) is 1.85. The third-order valence-electron chi connectivity index (χ3n) is 3.68. The molecule has 17 heavy (non-hydrogen) atoms.